The van der Waals surface area contributed by atoms with Crippen molar-refractivity contribution in [2.75, 3.05) is 29.5 Å². The summed E-state index contributed by atoms with van der Waals surface area (Å²) in [6.45, 7) is 7.95. The van der Waals surface area contributed by atoms with Gasteiger partial charge in [0, 0.05) is 37.9 Å². The van der Waals surface area contributed by atoms with Crippen molar-refractivity contribution in [2.45, 2.75) is 27.3 Å². The van der Waals surface area contributed by atoms with Crippen molar-refractivity contribution in [3.8, 4) is 11.3 Å². The van der Waals surface area contributed by atoms with E-state index in [1.165, 1.54) is 0 Å². The molecular formula is C22H28N4O3S. The number of pyridine rings is 1. The van der Waals surface area contributed by atoms with E-state index in [1.54, 1.807) is 16.2 Å². The van der Waals surface area contributed by atoms with Gasteiger partial charge in [-0.3, -0.25) is 9.13 Å². The first-order chi connectivity index (χ1) is 14.0. The van der Waals surface area contributed by atoms with Crippen molar-refractivity contribution < 1.29 is 8.42 Å². The first-order valence-corrected chi connectivity index (χ1v) is 12.0. The molecule has 0 unspecified atom stereocenters. The van der Waals surface area contributed by atoms with Gasteiger partial charge in [-0.15, -0.1) is 0 Å². The second kappa shape index (κ2) is 7.27. The molecule has 0 saturated carbocycles. The second-order valence-corrected chi connectivity index (χ2v) is 11.5. The fraction of sp³-hybridized carbons (Fsp3) is 0.455. The number of hydrogen-bond acceptors (Lipinski definition) is 5. The minimum absolute atomic E-state index is 0.0208. The van der Waals surface area contributed by atoms with Crippen LogP contribution in [0.1, 0.15) is 20.8 Å². The van der Waals surface area contributed by atoms with Crippen molar-refractivity contribution >= 4 is 26.7 Å². The van der Waals surface area contributed by atoms with Crippen LogP contribution >= 0.6 is 0 Å². The Hall–Kier alpha value is -2.61. The summed E-state index contributed by atoms with van der Waals surface area (Å²) in [7, 11) is -1.16. The Morgan fingerprint density at radius 3 is 2.43 bits per heavy atom. The Morgan fingerprint density at radius 2 is 1.77 bits per heavy atom. The molecule has 0 bridgehead atoms. The summed E-state index contributed by atoms with van der Waals surface area (Å²) in [4.78, 5) is 19.6. The molecule has 1 aliphatic heterocycles. The highest BCUT2D eigenvalue weighted by Crippen LogP contribution is 2.27. The third-order valence-corrected chi connectivity index (χ3v) is 7.07. The Bertz CT molecular complexity index is 1250. The molecule has 8 heteroatoms. The van der Waals surface area contributed by atoms with E-state index in [2.05, 4.69) is 25.7 Å². The molecule has 1 aliphatic rings. The first kappa shape index (κ1) is 20.7. The summed E-state index contributed by atoms with van der Waals surface area (Å²) in [5.41, 5.74) is 4.13. The predicted molar refractivity (Wildman–Crippen MR) is 121 cm³/mol. The number of fused-ring (bicyclic) bond motifs is 1. The molecular weight excluding hydrogens is 400 g/mol. The zero-order valence-electron chi connectivity index (χ0n) is 17.9. The van der Waals surface area contributed by atoms with E-state index in [0.717, 1.165) is 22.5 Å². The van der Waals surface area contributed by atoms with Crippen LogP contribution < -0.4 is 10.6 Å². The molecule has 7 nitrogen and oxygen atoms in total. The summed E-state index contributed by atoms with van der Waals surface area (Å²) in [5.74, 6) is 0.371. The molecule has 1 saturated heterocycles. The molecule has 3 heterocycles. The van der Waals surface area contributed by atoms with Gasteiger partial charge in [-0.1, -0.05) is 32.9 Å². The van der Waals surface area contributed by atoms with Crippen LogP contribution in [0.4, 0.5) is 5.69 Å². The normalized spacial score (nSPS) is 16.9. The Labute approximate surface area is 176 Å². The maximum atomic E-state index is 12.8. The first-order valence-electron chi connectivity index (χ1n) is 10.2. The highest BCUT2D eigenvalue weighted by Gasteiger charge is 2.22. The molecule has 0 N–H and O–H groups in total. The number of rotatable bonds is 3. The molecule has 2 aromatic heterocycles. The van der Waals surface area contributed by atoms with Crippen molar-refractivity contribution in [1.82, 2.24) is 14.1 Å². The van der Waals surface area contributed by atoms with E-state index in [9.17, 15) is 13.2 Å². The number of imidazole rings is 1. The quantitative estimate of drug-likeness (QED) is 0.641. The lowest BCUT2D eigenvalue weighted by atomic mass is 9.97. The maximum Gasteiger partial charge on any atom is 0.330 e. The van der Waals surface area contributed by atoms with Crippen LogP contribution in [0.3, 0.4) is 0 Å². The lowest BCUT2D eigenvalue weighted by molar-refractivity contribution is 0.342. The third-order valence-electron chi connectivity index (χ3n) is 5.46. The van der Waals surface area contributed by atoms with Crippen LogP contribution in [0, 0.1) is 5.41 Å². The van der Waals surface area contributed by atoms with Crippen molar-refractivity contribution in [3.63, 3.8) is 0 Å². The largest absolute Gasteiger partial charge is 0.369 e. The smallest absolute Gasteiger partial charge is 0.330 e. The SMILES string of the molecule is Cn1c(=O)n(CC(C)(C)C)c2ccc(-c3cccc(N4CCS(=O)(=O)CC4)c3)nc21. The zero-order chi connectivity index (χ0) is 21.7. The van der Waals surface area contributed by atoms with Gasteiger partial charge in [-0.2, -0.15) is 0 Å². The Morgan fingerprint density at radius 1 is 1.07 bits per heavy atom. The summed E-state index contributed by atoms with van der Waals surface area (Å²) in [5, 5.41) is 0. The van der Waals surface area contributed by atoms with Gasteiger partial charge in [-0.05, 0) is 29.7 Å². The molecule has 30 heavy (non-hydrogen) atoms. The fourth-order valence-corrected chi connectivity index (χ4v) is 5.09. The summed E-state index contributed by atoms with van der Waals surface area (Å²) >= 11 is 0. The van der Waals surface area contributed by atoms with Gasteiger partial charge >= 0.3 is 5.69 Å². The van der Waals surface area contributed by atoms with Crippen LogP contribution in [0.15, 0.2) is 41.2 Å². The van der Waals surface area contributed by atoms with Gasteiger partial charge in [0.1, 0.15) is 0 Å². The van der Waals surface area contributed by atoms with Gasteiger partial charge in [0.25, 0.3) is 0 Å². The number of hydrogen-bond donors (Lipinski definition) is 0. The number of anilines is 1. The van der Waals surface area contributed by atoms with E-state index in [0.29, 0.717) is 25.3 Å². The van der Waals surface area contributed by atoms with Crippen molar-refractivity contribution in [2.24, 2.45) is 12.5 Å². The molecule has 0 spiro atoms. The summed E-state index contributed by atoms with van der Waals surface area (Å²) in [6, 6.07) is 11.9. The van der Waals surface area contributed by atoms with Crippen LogP contribution in [0.5, 0.6) is 0 Å². The summed E-state index contributed by atoms with van der Waals surface area (Å²) < 4.78 is 26.8. The maximum absolute atomic E-state index is 12.8. The molecule has 160 valence electrons. The molecule has 1 fully saturated rings. The lowest BCUT2D eigenvalue weighted by Crippen LogP contribution is -2.40. The predicted octanol–water partition coefficient (Wildman–Crippen LogP) is 2.68. The molecule has 3 aromatic rings. The molecule has 0 amide bonds. The Balaban J connectivity index is 1.71. The molecule has 1 aromatic carbocycles. The van der Waals surface area contributed by atoms with Crippen molar-refractivity contribution in [1.29, 1.82) is 0 Å². The van der Waals surface area contributed by atoms with Gasteiger partial charge in [0.15, 0.2) is 15.5 Å². The second-order valence-electron chi connectivity index (χ2n) is 9.22. The zero-order valence-corrected chi connectivity index (χ0v) is 18.7. The number of benzene rings is 1. The highest BCUT2D eigenvalue weighted by atomic mass is 32.2. The lowest BCUT2D eigenvalue weighted by Gasteiger charge is -2.29. The molecule has 4 rings (SSSR count). The fourth-order valence-electron chi connectivity index (χ4n) is 3.89. The minimum Gasteiger partial charge on any atom is -0.369 e. The number of aryl methyl sites for hydroxylation is 1. The molecule has 0 aliphatic carbocycles. The van der Waals surface area contributed by atoms with Crippen LogP contribution in [0.25, 0.3) is 22.4 Å². The number of nitrogens with zero attached hydrogens (tertiary/aromatic N) is 4. The monoisotopic (exact) mass is 428 g/mol. The van der Waals surface area contributed by atoms with E-state index >= 15 is 0 Å². The van der Waals surface area contributed by atoms with E-state index in [4.69, 9.17) is 4.98 Å². The third kappa shape index (κ3) is 4.01. The number of sulfone groups is 1. The highest BCUT2D eigenvalue weighted by molar-refractivity contribution is 7.91. The van der Waals surface area contributed by atoms with Gasteiger partial charge in [0.2, 0.25) is 0 Å². The Kier molecular flexibility index (Phi) is 5.00. The topological polar surface area (TPSA) is 77.2 Å². The van der Waals surface area contributed by atoms with Crippen molar-refractivity contribution in [3.05, 3.63) is 46.9 Å². The van der Waals surface area contributed by atoms with Gasteiger partial charge < -0.3 is 4.90 Å². The van der Waals surface area contributed by atoms with E-state index in [1.807, 2.05) is 36.4 Å². The molecule has 0 radical (unpaired) electrons. The summed E-state index contributed by atoms with van der Waals surface area (Å²) in [6.07, 6.45) is 0. The van der Waals surface area contributed by atoms with E-state index < -0.39 is 9.84 Å². The number of aromatic nitrogens is 3. The van der Waals surface area contributed by atoms with Gasteiger partial charge in [-0.25, -0.2) is 18.2 Å². The van der Waals surface area contributed by atoms with Crippen LogP contribution in [0.2, 0.25) is 0 Å². The van der Waals surface area contributed by atoms with Crippen LogP contribution in [-0.2, 0) is 23.4 Å². The minimum atomic E-state index is -2.92. The average Bonchev–Trinajstić information content (AvgIpc) is 2.91. The van der Waals surface area contributed by atoms with E-state index in [-0.39, 0.29) is 22.6 Å². The van der Waals surface area contributed by atoms with Crippen LogP contribution in [-0.4, -0.2) is 47.1 Å². The standard InChI is InChI=1S/C22H28N4O3S/c1-22(2,3)15-26-19-9-8-18(23-20(19)24(4)21(26)27)16-6-5-7-17(14-16)25-10-12-30(28,29)13-11-25/h5-9,14H,10-13,15H2,1-4H3. The van der Waals surface area contributed by atoms with Gasteiger partial charge in [0.05, 0.1) is 22.7 Å². The average molecular weight is 429 g/mol. The molecule has 0 atom stereocenters.